The van der Waals surface area contributed by atoms with E-state index in [4.69, 9.17) is 11.6 Å². The second-order valence-electron chi connectivity index (χ2n) is 4.82. The van der Waals surface area contributed by atoms with Crippen molar-refractivity contribution >= 4 is 29.0 Å². The SMILES string of the molecule is CONC(=O)c1cc(C)c(F)c(F)c1Nc1ncc(Cl)cc1C. The summed E-state index contributed by atoms with van der Waals surface area (Å²) >= 11 is 5.82. The average Bonchev–Trinajstić information content (AvgIpc) is 2.50. The molecule has 1 aromatic carbocycles. The number of hydroxylamine groups is 1. The van der Waals surface area contributed by atoms with Crippen molar-refractivity contribution in [3.8, 4) is 0 Å². The van der Waals surface area contributed by atoms with Crippen molar-refractivity contribution in [3.63, 3.8) is 0 Å². The number of hydrogen-bond acceptors (Lipinski definition) is 4. The molecule has 0 aliphatic rings. The van der Waals surface area contributed by atoms with E-state index in [0.717, 1.165) is 0 Å². The summed E-state index contributed by atoms with van der Waals surface area (Å²) in [6, 6.07) is 2.83. The van der Waals surface area contributed by atoms with Crippen LogP contribution in [0.25, 0.3) is 0 Å². The van der Waals surface area contributed by atoms with E-state index < -0.39 is 17.5 Å². The smallest absolute Gasteiger partial charge is 0.277 e. The standard InChI is InChI=1S/C15H14ClF2N3O2/c1-7-5-10(15(22)21-23-3)13(12(18)11(7)17)20-14-8(2)4-9(16)6-19-14/h4-6H,1-3H3,(H,19,20)(H,21,22). The molecular formula is C15H14ClF2N3O2. The Labute approximate surface area is 136 Å². The van der Waals surface area contributed by atoms with Crippen LogP contribution in [0.4, 0.5) is 20.3 Å². The molecule has 1 amide bonds. The summed E-state index contributed by atoms with van der Waals surface area (Å²) in [5, 5.41) is 3.05. The first-order chi connectivity index (χ1) is 10.8. The molecule has 0 spiro atoms. The van der Waals surface area contributed by atoms with Gasteiger partial charge in [-0.3, -0.25) is 9.63 Å². The number of aryl methyl sites for hydroxylation is 2. The summed E-state index contributed by atoms with van der Waals surface area (Å²) in [4.78, 5) is 20.6. The molecule has 0 bridgehead atoms. The number of nitrogens with one attached hydrogen (secondary N) is 2. The zero-order valence-electron chi connectivity index (χ0n) is 12.6. The Morgan fingerprint density at radius 3 is 2.52 bits per heavy atom. The fourth-order valence-electron chi connectivity index (χ4n) is 1.99. The van der Waals surface area contributed by atoms with Crippen LogP contribution in [0.2, 0.25) is 5.02 Å². The van der Waals surface area contributed by atoms with Gasteiger partial charge in [-0.25, -0.2) is 19.2 Å². The lowest BCUT2D eigenvalue weighted by Gasteiger charge is -2.15. The number of pyridine rings is 1. The molecule has 0 saturated heterocycles. The van der Waals surface area contributed by atoms with Crippen molar-refractivity contribution in [2.75, 3.05) is 12.4 Å². The van der Waals surface area contributed by atoms with Gasteiger partial charge in [-0.05, 0) is 37.1 Å². The number of hydrogen-bond donors (Lipinski definition) is 2. The third-order valence-corrected chi connectivity index (χ3v) is 3.32. The number of benzene rings is 1. The molecule has 0 unspecified atom stereocenters. The summed E-state index contributed by atoms with van der Waals surface area (Å²) in [5.41, 5.74) is 2.23. The van der Waals surface area contributed by atoms with E-state index in [1.807, 2.05) is 0 Å². The number of nitrogens with zero attached hydrogens (tertiary/aromatic N) is 1. The maximum Gasteiger partial charge on any atom is 0.277 e. The number of rotatable bonds is 4. The monoisotopic (exact) mass is 341 g/mol. The molecule has 2 rings (SSSR count). The van der Waals surface area contributed by atoms with E-state index >= 15 is 0 Å². The Morgan fingerprint density at radius 2 is 1.91 bits per heavy atom. The van der Waals surface area contributed by atoms with Crippen LogP contribution in [0.15, 0.2) is 18.3 Å². The molecule has 0 atom stereocenters. The van der Waals surface area contributed by atoms with Gasteiger partial charge in [-0.15, -0.1) is 0 Å². The summed E-state index contributed by atoms with van der Waals surface area (Å²) in [6.45, 7) is 3.05. The highest BCUT2D eigenvalue weighted by Gasteiger charge is 2.22. The van der Waals surface area contributed by atoms with Crippen molar-refractivity contribution in [2.45, 2.75) is 13.8 Å². The van der Waals surface area contributed by atoms with E-state index in [9.17, 15) is 13.6 Å². The van der Waals surface area contributed by atoms with Crippen LogP contribution in [-0.2, 0) is 4.84 Å². The van der Waals surface area contributed by atoms with Gasteiger partial charge >= 0.3 is 0 Å². The quantitative estimate of drug-likeness (QED) is 0.833. The Morgan fingerprint density at radius 1 is 1.22 bits per heavy atom. The number of carbonyl (C=O) groups excluding carboxylic acids is 1. The van der Waals surface area contributed by atoms with E-state index in [0.29, 0.717) is 10.6 Å². The second kappa shape index (κ2) is 6.89. The Balaban J connectivity index is 2.55. The van der Waals surface area contributed by atoms with Crippen molar-refractivity contribution in [1.82, 2.24) is 10.5 Å². The van der Waals surface area contributed by atoms with Crippen molar-refractivity contribution in [3.05, 3.63) is 51.7 Å². The second-order valence-corrected chi connectivity index (χ2v) is 5.26. The third-order valence-electron chi connectivity index (χ3n) is 3.12. The van der Waals surface area contributed by atoms with Crippen LogP contribution < -0.4 is 10.8 Å². The summed E-state index contributed by atoms with van der Waals surface area (Å²) < 4.78 is 28.2. The molecule has 5 nitrogen and oxygen atoms in total. The lowest BCUT2D eigenvalue weighted by Crippen LogP contribution is -2.24. The zero-order valence-corrected chi connectivity index (χ0v) is 13.4. The summed E-state index contributed by atoms with van der Waals surface area (Å²) in [6.07, 6.45) is 1.36. The van der Waals surface area contributed by atoms with E-state index in [2.05, 4.69) is 20.6 Å². The highest BCUT2D eigenvalue weighted by atomic mass is 35.5. The van der Waals surface area contributed by atoms with Gasteiger partial charge in [-0.2, -0.15) is 0 Å². The van der Waals surface area contributed by atoms with Crippen LogP contribution in [0, 0.1) is 25.5 Å². The topological polar surface area (TPSA) is 63.2 Å². The lowest BCUT2D eigenvalue weighted by molar-refractivity contribution is 0.0538. The Kier molecular flexibility index (Phi) is 5.12. The number of carbonyl (C=O) groups is 1. The van der Waals surface area contributed by atoms with Gasteiger partial charge in [-0.1, -0.05) is 11.6 Å². The van der Waals surface area contributed by atoms with Crippen molar-refractivity contribution in [1.29, 1.82) is 0 Å². The Hall–Kier alpha value is -2.25. The van der Waals surface area contributed by atoms with Gasteiger partial charge < -0.3 is 5.32 Å². The van der Waals surface area contributed by atoms with Crippen LogP contribution in [0.1, 0.15) is 21.5 Å². The zero-order chi connectivity index (χ0) is 17.1. The molecule has 1 aromatic heterocycles. The molecule has 0 aliphatic heterocycles. The molecule has 0 aliphatic carbocycles. The highest BCUT2D eigenvalue weighted by molar-refractivity contribution is 6.30. The van der Waals surface area contributed by atoms with Crippen molar-refractivity contribution < 1.29 is 18.4 Å². The average molecular weight is 342 g/mol. The largest absolute Gasteiger partial charge is 0.337 e. The fraction of sp³-hybridized carbons (Fsp3) is 0.200. The molecule has 0 radical (unpaired) electrons. The van der Waals surface area contributed by atoms with E-state index in [-0.39, 0.29) is 22.6 Å². The first kappa shape index (κ1) is 17.1. The van der Waals surface area contributed by atoms with Gasteiger partial charge in [0.2, 0.25) is 0 Å². The van der Waals surface area contributed by atoms with E-state index in [1.165, 1.54) is 26.3 Å². The number of aromatic nitrogens is 1. The molecule has 0 fully saturated rings. The maximum atomic E-state index is 14.3. The first-order valence-electron chi connectivity index (χ1n) is 6.56. The van der Waals surface area contributed by atoms with Crippen LogP contribution in [-0.4, -0.2) is 18.0 Å². The number of halogens is 3. The molecule has 23 heavy (non-hydrogen) atoms. The van der Waals surface area contributed by atoms with Gasteiger partial charge in [0.15, 0.2) is 11.6 Å². The molecule has 2 N–H and O–H groups in total. The Bertz CT molecular complexity index is 769. The van der Waals surface area contributed by atoms with Gasteiger partial charge in [0.25, 0.3) is 5.91 Å². The third kappa shape index (κ3) is 3.57. The highest BCUT2D eigenvalue weighted by Crippen LogP contribution is 2.29. The molecule has 122 valence electrons. The number of amides is 1. The molecule has 1 heterocycles. The molecular weight excluding hydrogens is 328 g/mol. The van der Waals surface area contributed by atoms with Crippen LogP contribution >= 0.6 is 11.6 Å². The van der Waals surface area contributed by atoms with Crippen molar-refractivity contribution in [2.24, 2.45) is 0 Å². The van der Waals surface area contributed by atoms with Crippen LogP contribution in [0.5, 0.6) is 0 Å². The van der Waals surface area contributed by atoms with Gasteiger partial charge in [0, 0.05) is 6.20 Å². The minimum absolute atomic E-state index is 0.00455. The minimum atomic E-state index is -1.18. The van der Waals surface area contributed by atoms with Crippen LogP contribution in [0.3, 0.4) is 0 Å². The molecule has 0 saturated carbocycles. The van der Waals surface area contributed by atoms with Gasteiger partial charge in [0.05, 0.1) is 23.4 Å². The lowest BCUT2D eigenvalue weighted by atomic mass is 10.1. The van der Waals surface area contributed by atoms with Gasteiger partial charge in [0.1, 0.15) is 5.82 Å². The summed E-state index contributed by atoms with van der Waals surface area (Å²) in [7, 11) is 1.24. The molecule has 2 aromatic rings. The predicted octanol–water partition coefficient (Wildman–Crippen LogP) is 3.66. The fourth-order valence-corrected chi connectivity index (χ4v) is 2.20. The molecule has 8 heteroatoms. The number of anilines is 2. The van der Waals surface area contributed by atoms with E-state index in [1.54, 1.807) is 13.0 Å². The normalized spacial score (nSPS) is 10.5. The first-order valence-corrected chi connectivity index (χ1v) is 6.94. The predicted molar refractivity (Wildman–Crippen MR) is 82.8 cm³/mol. The maximum absolute atomic E-state index is 14.3. The summed E-state index contributed by atoms with van der Waals surface area (Å²) in [5.74, 6) is -2.69. The minimum Gasteiger partial charge on any atom is -0.337 e.